The van der Waals surface area contributed by atoms with Crippen LogP contribution in [0.25, 0.3) is 0 Å². The number of carbonyl (C=O) groups excluding carboxylic acids is 2. The first-order chi connectivity index (χ1) is 10.3. The van der Waals surface area contributed by atoms with Gasteiger partial charge in [0.1, 0.15) is 17.2 Å². The Morgan fingerprint density at radius 1 is 0.818 bits per heavy atom. The lowest BCUT2D eigenvalue weighted by molar-refractivity contribution is 0.0974. The van der Waals surface area contributed by atoms with Gasteiger partial charge in [-0.1, -0.05) is 23.2 Å². The van der Waals surface area contributed by atoms with Gasteiger partial charge in [-0.05, 0) is 18.6 Å². The monoisotopic (exact) mass is 338 g/mol. The molecule has 112 valence electrons. The van der Waals surface area contributed by atoms with Crippen molar-refractivity contribution >= 4 is 34.8 Å². The van der Waals surface area contributed by atoms with Crippen molar-refractivity contribution in [3.05, 3.63) is 50.0 Å². The number of phenols is 3. The lowest BCUT2D eigenvalue weighted by atomic mass is 9.82. The van der Waals surface area contributed by atoms with E-state index in [1.165, 1.54) is 6.07 Å². The van der Waals surface area contributed by atoms with Crippen LogP contribution in [0.5, 0.6) is 17.2 Å². The van der Waals surface area contributed by atoms with Gasteiger partial charge in [0.15, 0.2) is 5.78 Å². The van der Waals surface area contributed by atoms with Gasteiger partial charge in [-0.2, -0.15) is 0 Å². The van der Waals surface area contributed by atoms with E-state index >= 15 is 0 Å². The highest BCUT2D eigenvalue weighted by molar-refractivity contribution is 6.41. The van der Waals surface area contributed by atoms with E-state index in [0.29, 0.717) is 5.56 Å². The molecule has 2 aromatic rings. The zero-order chi connectivity index (χ0) is 16.3. The summed E-state index contributed by atoms with van der Waals surface area (Å²) in [7, 11) is 0. The van der Waals surface area contributed by atoms with Crippen molar-refractivity contribution in [2.45, 2.75) is 6.92 Å². The second kappa shape index (κ2) is 4.63. The summed E-state index contributed by atoms with van der Waals surface area (Å²) in [5, 5.41) is 29.2. The zero-order valence-corrected chi connectivity index (χ0v) is 12.6. The molecule has 0 amide bonds. The number of benzene rings is 2. The first-order valence-electron chi connectivity index (χ1n) is 6.11. The summed E-state index contributed by atoms with van der Waals surface area (Å²) in [6.45, 7) is 1.57. The lowest BCUT2D eigenvalue weighted by Crippen LogP contribution is -2.22. The second-order valence-corrected chi connectivity index (χ2v) is 5.67. The molecule has 0 unspecified atom stereocenters. The van der Waals surface area contributed by atoms with Crippen molar-refractivity contribution in [3.63, 3.8) is 0 Å². The number of phenolic OH excluding ortho intramolecular Hbond substituents is 3. The molecule has 0 heterocycles. The number of aromatic hydroxyl groups is 3. The van der Waals surface area contributed by atoms with Gasteiger partial charge in [0.05, 0.1) is 26.7 Å². The summed E-state index contributed by atoms with van der Waals surface area (Å²) in [5.41, 5.74) is -0.620. The summed E-state index contributed by atoms with van der Waals surface area (Å²) in [5.74, 6) is -3.11. The van der Waals surface area contributed by atoms with Crippen molar-refractivity contribution in [3.8, 4) is 17.2 Å². The van der Waals surface area contributed by atoms with Crippen molar-refractivity contribution in [2.24, 2.45) is 0 Å². The van der Waals surface area contributed by atoms with Crippen LogP contribution in [0.3, 0.4) is 0 Å². The molecular formula is C15H8Cl2O5. The summed E-state index contributed by atoms with van der Waals surface area (Å²) < 4.78 is 0. The molecule has 0 aromatic heterocycles. The number of halogens is 2. The quantitative estimate of drug-likeness (QED) is 0.585. The Labute approximate surface area is 134 Å². The Hall–Kier alpha value is -2.24. The Kier molecular flexibility index (Phi) is 3.09. The van der Waals surface area contributed by atoms with Gasteiger partial charge in [0, 0.05) is 11.6 Å². The van der Waals surface area contributed by atoms with Crippen molar-refractivity contribution in [2.75, 3.05) is 0 Å². The summed E-state index contributed by atoms with van der Waals surface area (Å²) >= 11 is 11.8. The smallest absolute Gasteiger partial charge is 0.202 e. The van der Waals surface area contributed by atoms with Crippen LogP contribution in [0.15, 0.2) is 12.1 Å². The molecule has 0 aliphatic heterocycles. The van der Waals surface area contributed by atoms with E-state index < -0.39 is 28.8 Å². The zero-order valence-electron chi connectivity index (χ0n) is 11.1. The van der Waals surface area contributed by atoms with Gasteiger partial charge < -0.3 is 15.3 Å². The lowest BCUT2D eigenvalue weighted by Gasteiger charge is -2.21. The minimum atomic E-state index is -0.789. The van der Waals surface area contributed by atoms with Crippen LogP contribution in [-0.4, -0.2) is 26.9 Å². The van der Waals surface area contributed by atoms with Gasteiger partial charge in [-0.3, -0.25) is 9.59 Å². The van der Waals surface area contributed by atoms with Crippen LogP contribution in [0, 0.1) is 6.92 Å². The first-order valence-corrected chi connectivity index (χ1v) is 6.87. The van der Waals surface area contributed by atoms with Gasteiger partial charge in [0.2, 0.25) is 5.78 Å². The van der Waals surface area contributed by atoms with Crippen molar-refractivity contribution in [1.82, 2.24) is 0 Å². The highest BCUT2D eigenvalue weighted by atomic mass is 35.5. The van der Waals surface area contributed by atoms with Crippen molar-refractivity contribution < 1.29 is 24.9 Å². The van der Waals surface area contributed by atoms with Crippen LogP contribution in [0.1, 0.15) is 37.4 Å². The molecule has 5 nitrogen and oxygen atoms in total. The maximum Gasteiger partial charge on any atom is 0.202 e. The van der Waals surface area contributed by atoms with E-state index in [-0.39, 0.29) is 32.3 Å². The molecule has 0 saturated heterocycles. The third-order valence-electron chi connectivity index (χ3n) is 3.57. The van der Waals surface area contributed by atoms with Crippen molar-refractivity contribution in [1.29, 1.82) is 0 Å². The third kappa shape index (κ3) is 1.73. The highest BCUT2D eigenvalue weighted by Gasteiger charge is 2.38. The minimum Gasteiger partial charge on any atom is -0.507 e. The van der Waals surface area contributed by atoms with Crippen LogP contribution in [0.4, 0.5) is 0 Å². The maximum atomic E-state index is 12.6. The molecular weight excluding hydrogens is 331 g/mol. The molecule has 3 rings (SSSR count). The van der Waals surface area contributed by atoms with E-state index in [1.807, 2.05) is 0 Å². The summed E-state index contributed by atoms with van der Waals surface area (Å²) in [4.78, 5) is 25.1. The van der Waals surface area contributed by atoms with Gasteiger partial charge >= 0.3 is 0 Å². The number of aryl methyl sites for hydroxylation is 1. The molecule has 3 N–H and O–H groups in total. The number of hydrogen-bond donors (Lipinski definition) is 3. The van der Waals surface area contributed by atoms with Gasteiger partial charge in [-0.15, -0.1) is 0 Å². The Morgan fingerprint density at radius 2 is 1.45 bits per heavy atom. The summed E-state index contributed by atoms with van der Waals surface area (Å²) in [6, 6.07) is 2.22. The predicted octanol–water partition coefficient (Wildman–Crippen LogP) is 3.19. The summed E-state index contributed by atoms with van der Waals surface area (Å²) in [6.07, 6.45) is 0. The minimum absolute atomic E-state index is 0.0484. The van der Waals surface area contributed by atoms with Gasteiger partial charge in [0.25, 0.3) is 0 Å². The van der Waals surface area contributed by atoms with E-state index in [1.54, 1.807) is 6.92 Å². The highest BCUT2D eigenvalue weighted by Crippen LogP contribution is 2.45. The maximum absolute atomic E-state index is 12.6. The molecule has 1 aliphatic carbocycles. The number of rotatable bonds is 0. The van der Waals surface area contributed by atoms with Crippen LogP contribution < -0.4 is 0 Å². The average Bonchev–Trinajstić information content (AvgIpc) is 2.45. The van der Waals surface area contributed by atoms with Crippen LogP contribution >= 0.6 is 23.2 Å². The fourth-order valence-corrected chi connectivity index (χ4v) is 2.90. The molecule has 0 radical (unpaired) electrons. The van der Waals surface area contributed by atoms with Crippen LogP contribution in [-0.2, 0) is 0 Å². The Morgan fingerprint density at radius 3 is 2.09 bits per heavy atom. The number of ketones is 2. The van der Waals surface area contributed by atoms with E-state index in [9.17, 15) is 24.9 Å². The standard InChI is InChI=1S/C15H8Cl2O5/c1-4-2-5-8(15(22)11(4)16)14(21)9-6(18)3-7(19)12(17)10(9)13(5)20/h2-3,18-19,22H,1H3. The second-order valence-electron chi connectivity index (χ2n) is 4.92. The third-order valence-corrected chi connectivity index (χ3v) is 4.43. The number of fused-ring (bicyclic) bond motifs is 2. The largest absolute Gasteiger partial charge is 0.507 e. The molecule has 0 spiro atoms. The first kappa shape index (κ1) is 14.7. The molecule has 1 aliphatic rings. The number of carbonyl (C=O) groups is 2. The fraction of sp³-hybridized carbons (Fsp3) is 0.0667. The number of hydrogen-bond acceptors (Lipinski definition) is 5. The molecule has 7 heteroatoms. The fourth-order valence-electron chi connectivity index (χ4n) is 2.52. The van der Waals surface area contributed by atoms with E-state index in [4.69, 9.17) is 23.2 Å². The predicted molar refractivity (Wildman–Crippen MR) is 79.5 cm³/mol. The Bertz CT molecular complexity index is 882. The normalized spacial score (nSPS) is 13.0. The molecule has 0 fully saturated rings. The molecule has 22 heavy (non-hydrogen) atoms. The molecule has 0 bridgehead atoms. The van der Waals surface area contributed by atoms with Crippen LogP contribution in [0.2, 0.25) is 10.0 Å². The molecule has 0 atom stereocenters. The van der Waals surface area contributed by atoms with E-state index in [2.05, 4.69) is 0 Å². The SMILES string of the molecule is Cc1cc2c(c(O)c1Cl)C(=O)c1c(O)cc(O)c(Cl)c1C2=O. The average molecular weight is 339 g/mol. The van der Waals surface area contributed by atoms with E-state index in [0.717, 1.165) is 6.07 Å². The van der Waals surface area contributed by atoms with Gasteiger partial charge in [-0.25, -0.2) is 0 Å². The molecule has 2 aromatic carbocycles. The topological polar surface area (TPSA) is 94.8 Å². The molecule has 0 saturated carbocycles. The Balaban J connectivity index is 2.46.